The van der Waals surface area contributed by atoms with Gasteiger partial charge >= 0.3 is 0 Å². The van der Waals surface area contributed by atoms with Gasteiger partial charge in [-0.15, -0.1) is 0 Å². The molecule has 1 fully saturated rings. The monoisotopic (exact) mass is 372 g/mol. The lowest BCUT2D eigenvalue weighted by Gasteiger charge is -2.34. The molecule has 2 heterocycles. The zero-order valence-electron chi connectivity index (χ0n) is 14.8. The maximum atomic E-state index is 12.6. The normalized spacial score (nSPS) is 16.2. The van der Waals surface area contributed by atoms with Crippen LogP contribution in [0.25, 0.3) is 0 Å². The van der Waals surface area contributed by atoms with Crippen molar-refractivity contribution in [3.63, 3.8) is 0 Å². The number of hydrogen-bond donors (Lipinski definition) is 3. The maximum absolute atomic E-state index is 12.6. The summed E-state index contributed by atoms with van der Waals surface area (Å²) in [6.07, 6.45) is 0. The first-order chi connectivity index (χ1) is 12.6. The second-order valence-corrected chi connectivity index (χ2v) is 7.14. The predicted octanol–water partition coefficient (Wildman–Crippen LogP) is 2.52. The molecule has 6 nitrogen and oxygen atoms in total. The third-order valence-corrected chi connectivity index (χ3v) is 5.29. The van der Waals surface area contributed by atoms with E-state index in [9.17, 15) is 4.79 Å². The fraction of sp³-hybridized carbons (Fsp3) is 0.368. The van der Waals surface area contributed by atoms with Crippen LogP contribution in [0.1, 0.15) is 34.5 Å². The summed E-state index contributed by atoms with van der Waals surface area (Å²) in [5.41, 5.74) is 9.08. The van der Waals surface area contributed by atoms with E-state index in [2.05, 4.69) is 27.0 Å². The average molecular weight is 372 g/mol. The molecule has 1 atom stereocenters. The molecule has 1 aliphatic heterocycles. The molecule has 7 heteroatoms. The minimum atomic E-state index is -0.152. The summed E-state index contributed by atoms with van der Waals surface area (Å²) in [7, 11) is 0. The molecule has 1 saturated heterocycles. The number of ether oxygens (including phenoxy) is 1. The highest BCUT2D eigenvalue weighted by Crippen LogP contribution is 2.23. The van der Waals surface area contributed by atoms with Crippen molar-refractivity contribution in [3.8, 4) is 0 Å². The molecular formula is C19H24N4O2S. The molecule has 138 valence electrons. The predicted molar refractivity (Wildman–Crippen MR) is 105 cm³/mol. The molecule has 2 aromatic rings. The zero-order valence-corrected chi connectivity index (χ0v) is 15.6. The number of carbonyl (C=O) groups is 1. The molecular weight excluding hydrogens is 348 g/mol. The quantitative estimate of drug-likeness (QED) is 0.537. The lowest BCUT2D eigenvalue weighted by molar-refractivity contribution is 0.0163. The van der Waals surface area contributed by atoms with E-state index >= 15 is 0 Å². The van der Waals surface area contributed by atoms with Gasteiger partial charge in [-0.1, -0.05) is 0 Å². The van der Waals surface area contributed by atoms with E-state index < -0.39 is 0 Å². The molecule has 26 heavy (non-hydrogen) atoms. The zero-order chi connectivity index (χ0) is 18.5. The van der Waals surface area contributed by atoms with Crippen molar-refractivity contribution in [2.75, 3.05) is 38.6 Å². The van der Waals surface area contributed by atoms with E-state index in [1.165, 1.54) is 5.56 Å². The first kappa shape index (κ1) is 18.6. The Morgan fingerprint density at radius 1 is 1.38 bits per heavy atom. The second kappa shape index (κ2) is 8.44. The number of amides is 1. The highest BCUT2D eigenvalue weighted by Gasteiger charge is 2.23. The van der Waals surface area contributed by atoms with Crippen molar-refractivity contribution in [3.05, 3.63) is 51.7 Å². The number of nitrogen functional groups attached to an aromatic ring is 1. The molecule has 4 N–H and O–H groups in total. The van der Waals surface area contributed by atoms with Crippen molar-refractivity contribution in [1.29, 1.82) is 5.41 Å². The summed E-state index contributed by atoms with van der Waals surface area (Å²) in [5.74, 6) is -0.152. The third kappa shape index (κ3) is 4.30. The molecule has 1 aliphatic rings. The topological polar surface area (TPSA) is 91.4 Å². The van der Waals surface area contributed by atoms with E-state index in [1.807, 2.05) is 0 Å². The van der Waals surface area contributed by atoms with Gasteiger partial charge in [-0.2, -0.15) is 11.3 Å². The van der Waals surface area contributed by atoms with Crippen molar-refractivity contribution < 1.29 is 9.53 Å². The molecule has 1 aromatic heterocycles. The molecule has 1 amide bonds. The van der Waals surface area contributed by atoms with Gasteiger partial charge in [0.1, 0.15) is 0 Å². The Morgan fingerprint density at radius 2 is 2.15 bits per heavy atom. The van der Waals surface area contributed by atoms with Gasteiger partial charge in [0.2, 0.25) is 0 Å². The molecule has 0 spiro atoms. The summed E-state index contributed by atoms with van der Waals surface area (Å²) < 4.78 is 5.45. The number of carbonyl (C=O) groups excluding carboxylic acids is 1. The van der Waals surface area contributed by atoms with Gasteiger partial charge in [0.15, 0.2) is 0 Å². The van der Waals surface area contributed by atoms with Crippen LogP contribution < -0.4 is 11.1 Å². The Balaban J connectivity index is 1.71. The maximum Gasteiger partial charge on any atom is 0.251 e. The Bertz CT molecular complexity index is 770. The summed E-state index contributed by atoms with van der Waals surface area (Å²) in [6, 6.07) is 7.30. The lowest BCUT2D eigenvalue weighted by Crippen LogP contribution is -2.43. The molecule has 1 unspecified atom stereocenters. The van der Waals surface area contributed by atoms with Gasteiger partial charge in [0.25, 0.3) is 5.91 Å². The molecule has 0 bridgehead atoms. The number of nitrogens with zero attached hydrogens (tertiary/aromatic N) is 1. The summed E-state index contributed by atoms with van der Waals surface area (Å²) in [5, 5.41) is 15.0. The van der Waals surface area contributed by atoms with E-state index in [0.29, 0.717) is 42.3 Å². The standard InChI is InChI=1S/C19H24N4O2S/c1-13(20)16-10-14(2-3-17(16)21)19(24)22-11-18(15-4-9-26-12-15)23-5-7-25-8-6-23/h2-4,9-10,12,18,20H,5-8,11,21H2,1H3,(H,22,24). The summed E-state index contributed by atoms with van der Waals surface area (Å²) in [4.78, 5) is 15.0. The summed E-state index contributed by atoms with van der Waals surface area (Å²) in [6.45, 7) is 5.34. The van der Waals surface area contributed by atoms with Gasteiger partial charge in [-0.25, -0.2) is 0 Å². The fourth-order valence-corrected chi connectivity index (χ4v) is 3.83. The second-order valence-electron chi connectivity index (χ2n) is 6.36. The van der Waals surface area contributed by atoms with E-state index in [1.54, 1.807) is 36.5 Å². The SMILES string of the molecule is CC(=N)c1cc(C(=O)NCC(c2ccsc2)N2CCOCC2)ccc1N. The number of nitrogens with one attached hydrogen (secondary N) is 2. The van der Waals surface area contributed by atoms with Crippen LogP contribution in [0.2, 0.25) is 0 Å². The van der Waals surface area contributed by atoms with Crippen LogP contribution in [0.4, 0.5) is 5.69 Å². The van der Waals surface area contributed by atoms with Gasteiger partial charge < -0.3 is 21.2 Å². The van der Waals surface area contributed by atoms with Crippen LogP contribution in [0, 0.1) is 5.41 Å². The van der Waals surface area contributed by atoms with Crippen molar-refractivity contribution in [2.45, 2.75) is 13.0 Å². The number of anilines is 1. The van der Waals surface area contributed by atoms with E-state index in [4.69, 9.17) is 15.9 Å². The van der Waals surface area contributed by atoms with E-state index in [0.717, 1.165) is 13.1 Å². The van der Waals surface area contributed by atoms with Crippen LogP contribution >= 0.6 is 11.3 Å². The van der Waals surface area contributed by atoms with Crippen LogP contribution in [0.15, 0.2) is 35.0 Å². The third-order valence-electron chi connectivity index (χ3n) is 4.59. The molecule has 0 radical (unpaired) electrons. The molecule has 0 saturated carbocycles. The lowest BCUT2D eigenvalue weighted by atomic mass is 10.0. The van der Waals surface area contributed by atoms with Gasteiger partial charge in [0, 0.05) is 42.2 Å². The number of benzene rings is 1. The number of thiophene rings is 1. The van der Waals surface area contributed by atoms with Crippen LogP contribution in [0.5, 0.6) is 0 Å². The van der Waals surface area contributed by atoms with E-state index in [-0.39, 0.29) is 11.9 Å². The molecule has 1 aromatic carbocycles. The Kier molecular flexibility index (Phi) is 6.03. The largest absolute Gasteiger partial charge is 0.398 e. The first-order valence-electron chi connectivity index (χ1n) is 8.63. The number of rotatable bonds is 6. The minimum Gasteiger partial charge on any atom is -0.398 e. The Morgan fingerprint density at radius 3 is 2.81 bits per heavy atom. The van der Waals surface area contributed by atoms with Crippen molar-refractivity contribution in [2.24, 2.45) is 0 Å². The van der Waals surface area contributed by atoms with Gasteiger partial charge in [-0.05, 0) is 47.5 Å². The first-order valence-corrected chi connectivity index (χ1v) is 9.57. The smallest absolute Gasteiger partial charge is 0.251 e. The number of hydrogen-bond acceptors (Lipinski definition) is 6. The highest BCUT2D eigenvalue weighted by atomic mass is 32.1. The van der Waals surface area contributed by atoms with Crippen molar-refractivity contribution >= 4 is 28.6 Å². The Hall–Kier alpha value is -2.22. The fourth-order valence-electron chi connectivity index (χ4n) is 3.13. The van der Waals surface area contributed by atoms with Crippen LogP contribution in [0.3, 0.4) is 0 Å². The van der Waals surface area contributed by atoms with Crippen molar-refractivity contribution in [1.82, 2.24) is 10.2 Å². The number of morpholine rings is 1. The van der Waals surface area contributed by atoms with Gasteiger partial charge in [-0.3, -0.25) is 9.69 Å². The van der Waals surface area contributed by atoms with Crippen LogP contribution in [-0.2, 0) is 4.74 Å². The minimum absolute atomic E-state index is 0.131. The number of nitrogens with two attached hydrogens (primary N) is 1. The van der Waals surface area contributed by atoms with Crippen LogP contribution in [-0.4, -0.2) is 49.4 Å². The average Bonchev–Trinajstić information content (AvgIpc) is 3.17. The summed E-state index contributed by atoms with van der Waals surface area (Å²) >= 11 is 1.66. The van der Waals surface area contributed by atoms with Gasteiger partial charge in [0.05, 0.1) is 19.3 Å². The molecule has 0 aliphatic carbocycles. The highest BCUT2D eigenvalue weighted by molar-refractivity contribution is 7.07. The Labute approximate surface area is 157 Å². The molecule has 3 rings (SSSR count).